The fourth-order valence-electron chi connectivity index (χ4n) is 1.28. The molecule has 0 atom stereocenters. The molecule has 1 aromatic heterocycles. The Morgan fingerprint density at radius 1 is 1.44 bits per heavy atom. The Bertz CT molecular complexity index is 289. The molecule has 0 aliphatic heterocycles. The second kappa shape index (κ2) is 6.17. The van der Waals surface area contributed by atoms with E-state index < -0.39 is 12.7 Å². The Hall–Kier alpha value is -0.660. The molecule has 16 heavy (non-hydrogen) atoms. The molecule has 0 bridgehead atoms. The zero-order valence-corrected chi connectivity index (χ0v) is 9.39. The van der Waals surface area contributed by atoms with Crippen molar-refractivity contribution in [1.82, 2.24) is 9.88 Å². The van der Waals surface area contributed by atoms with Crippen molar-refractivity contribution in [2.24, 2.45) is 0 Å². The van der Waals surface area contributed by atoms with Crippen LogP contribution in [0.3, 0.4) is 0 Å². The van der Waals surface area contributed by atoms with E-state index in [4.69, 9.17) is 5.11 Å². The number of alkyl halides is 3. The first-order chi connectivity index (χ1) is 7.51. The van der Waals surface area contributed by atoms with Crippen molar-refractivity contribution in [3.63, 3.8) is 0 Å². The second-order valence-corrected chi connectivity index (χ2v) is 4.31. The summed E-state index contributed by atoms with van der Waals surface area (Å²) < 4.78 is 36.7. The molecular weight excluding hydrogens is 241 g/mol. The first kappa shape index (κ1) is 13.4. The van der Waals surface area contributed by atoms with Crippen molar-refractivity contribution < 1.29 is 18.3 Å². The monoisotopic (exact) mass is 254 g/mol. The summed E-state index contributed by atoms with van der Waals surface area (Å²) in [7, 11) is 0. The highest BCUT2D eigenvalue weighted by Gasteiger charge is 2.30. The molecule has 0 aliphatic carbocycles. The summed E-state index contributed by atoms with van der Waals surface area (Å²) in [5.74, 6) is 0. The average Bonchev–Trinajstić information content (AvgIpc) is 2.64. The lowest BCUT2D eigenvalue weighted by atomic mass is 10.3. The molecule has 0 aliphatic rings. The summed E-state index contributed by atoms with van der Waals surface area (Å²) in [4.78, 5) is 5.19. The van der Waals surface area contributed by atoms with Gasteiger partial charge in [0.2, 0.25) is 0 Å². The predicted octanol–water partition coefficient (Wildman–Crippen LogP) is 1.89. The standard InChI is InChI=1S/C9H13F3N2OS/c10-9(11,12)7-14(3-1-4-15)6-8-13-2-5-16-8/h2,5,15H,1,3-4,6-7H2. The number of thiazole rings is 1. The van der Waals surface area contributed by atoms with E-state index >= 15 is 0 Å². The first-order valence-corrected chi connectivity index (χ1v) is 5.67. The molecule has 0 saturated heterocycles. The van der Waals surface area contributed by atoms with Gasteiger partial charge in [0.1, 0.15) is 5.01 Å². The van der Waals surface area contributed by atoms with E-state index in [-0.39, 0.29) is 19.7 Å². The molecule has 0 saturated carbocycles. The van der Waals surface area contributed by atoms with Gasteiger partial charge in [-0.1, -0.05) is 0 Å². The van der Waals surface area contributed by atoms with Crippen LogP contribution in [-0.2, 0) is 6.54 Å². The number of aliphatic hydroxyl groups excluding tert-OH is 1. The topological polar surface area (TPSA) is 36.4 Å². The van der Waals surface area contributed by atoms with E-state index in [9.17, 15) is 13.2 Å². The Kier molecular flexibility index (Phi) is 5.17. The Balaban J connectivity index is 2.50. The van der Waals surface area contributed by atoms with Crippen LogP contribution in [0.2, 0.25) is 0 Å². The predicted molar refractivity (Wildman–Crippen MR) is 55.1 cm³/mol. The van der Waals surface area contributed by atoms with Gasteiger partial charge in [0.05, 0.1) is 13.1 Å². The number of hydrogen-bond acceptors (Lipinski definition) is 4. The van der Waals surface area contributed by atoms with E-state index in [2.05, 4.69) is 4.98 Å². The van der Waals surface area contributed by atoms with Gasteiger partial charge in [-0.15, -0.1) is 11.3 Å². The lowest BCUT2D eigenvalue weighted by Crippen LogP contribution is -2.34. The van der Waals surface area contributed by atoms with Crippen LogP contribution in [0, 0.1) is 0 Å². The van der Waals surface area contributed by atoms with Crippen LogP contribution in [0.1, 0.15) is 11.4 Å². The van der Waals surface area contributed by atoms with Crippen molar-refractivity contribution in [2.75, 3.05) is 19.7 Å². The maximum atomic E-state index is 12.2. The molecule has 0 radical (unpaired) electrons. The average molecular weight is 254 g/mol. The molecule has 1 rings (SSSR count). The zero-order valence-electron chi connectivity index (χ0n) is 8.57. The number of aromatic nitrogens is 1. The number of aliphatic hydroxyl groups is 1. The van der Waals surface area contributed by atoms with E-state index in [1.165, 1.54) is 16.2 Å². The van der Waals surface area contributed by atoms with Crippen LogP contribution in [0.15, 0.2) is 11.6 Å². The molecule has 0 unspecified atom stereocenters. The number of halogens is 3. The Labute approximate surface area is 95.5 Å². The molecule has 0 amide bonds. The normalized spacial score (nSPS) is 12.3. The quantitative estimate of drug-likeness (QED) is 0.842. The molecule has 0 aromatic carbocycles. The minimum Gasteiger partial charge on any atom is -0.396 e. The molecule has 7 heteroatoms. The van der Waals surface area contributed by atoms with E-state index in [1.54, 1.807) is 11.6 Å². The van der Waals surface area contributed by atoms with Crippen LogP contribution < -0.4 is 0 Å². The molecule has 1 aromatic rings. The summed E-state index contributed by atoms with van der Waals surface area (Å²) in [5.41, 5.74) is 0. The highest BCUT2D eigenvalue weighted by atomic mass is 32.1. The maximum Gasteiger partial charge on any atom is 0.401 e. The SMILES string of the molecule is OCCCN(Cc1nccs1)CC(F)(F)F. The van der Waals surface area contributed by atoms with Gasteiger partial charge in [-0.2, -0.15) is 13.2 Å². The molecule has 3 nitrogen and oxygen atoms in total. The molecule has 0 spiro atoms. The molecular formula is C9H13F3N2OS. The summed E-state index contributed by atoms with van der Waals surface area (Å²) in [6.07, 6.45) is -2.31. The summed E-state index contributed by atoms with van der Waals surface area (Å²) in [5, 5.41) is 11.0. The number of nitrogens with zero attached hydrogens (tertiary/aromatic N) is 2. The third kappa shape index (κ3) is 5.43. The lowest BCUT2D eigenvalue weighted by molar-refractivity contribution is -0.147. The third-order valence-electron chi connectivity index (χ3n) is 1.88. The molecule has 1 N–H and O–H groups in total. The van der Waals surface area contributed by atoms with Gasteiger partial charge < -0.3 is 5.11 Å². The van der Waals surface area contributed by atoms with Crippen molar-refractivity contribution in [3.05, 3.63) is 16.6 Å². The van der Waals surface area contributed by atoms with Crippen molar-refractivity contribution in [1.29, 1.82) is 0 Å². The van der Waals surface area contributed by atoms with Gasteiger partial charge in [0.25, 0.3) is 0 Å². The van der Waals surface area contributed by atoms with Crippen LogP contribution in [0.5, 0.6) is 0 Å². The van der Waals surface area contributed by atoms with E-state index in [0.717, 1.165) is 0 Å². The van der Waals surface area contributed by atoms with Gasteiger partial charge >= 0.3 is 6.18 Å². The van der Waals surface area contributed by atoms with Gasteiger partial charge in [-0.25, -0.2) is 4.98 Å². The summed E-state index contributed by atoms with van der Waals surface area (Å²) in [6, 6.07) is 0. The van der Waals surface area contributed by atoms with Gasteiger partial charge in [0.15, 0.2) is 0 Å². The zero-order chi connectivity index (χ0) is 12.0. The fourth-order valence-corrected chi connectivity index (χ4v) is 1.94. The van der Waals surface area contributed by atoms with Crippen molar-refractivity contribution >= 4 is 11.3 Å². The maximum absolute atomic E-state index is 12.2. The van der Waals surface area contributed by atoms with Crippen LogP contribution in [0.25, 0.3) is 0 Å². The molecule has 1 heterocycles. The molecule has 0 fully saturated rings. The van der Waals surface area contributed by atoms with Gasteiger partial charge in [-0.05, 0) is 6.42 Å². The second-order valence-electron chi connectivity index (χ2n) is 3.33. The van der Waals surface area contributed by atoms with Crippen LogP contribution >= 0.6 is 11.3 Å². The molecule has 92 valence electrons. The minimum atomic E-state index is -4.22. The Morgan fingerprint density at radius 2 is 2.19 bits per heavy atom. The summed E-state index contributed by atoms with van der Waals surface area (Å²) in [6.45, 7) is -0.675. The minimum absolute atomic E-state index is 0.105. The van der Waals surface area contributed by atoms with Crippen LogP contribution in [0.4, 0.5) is 13.2 Å². The smallest absolute Gasteiger partial charge is 0.396 e. The summed E-state index contributed by atoms with van der Waals surface area (Å²) >= 11 is 1.33. The van der Waals surface area contributed by atoms with Crippen molar-refractivity contribution in [3.8, 4) is 0 Å². The highest BCUT2D eigenvalue weighted by molar-refractivity contribution is 7.09. The van der Waals surface area contributed by atoms with Gasteiger partial charge in [0, 0.05) is 24.7 Å². The number of hydrogen-bond donors (Lipinski definition) is 1. The first-order valence-electron chi connectivity index (χ1n) is 4.79. The van der Waals surface area contributed by atoms with Crippen LogP contribution in [-0.4, -0.2) is 40.9 Å². The van der Waals surface area contributed by atoms with Crippen molar-refractivity contribution in [2.45, 2.75) is 19.1 Å². The largest absolute Gasteiger partial charge is 0.401 e. The van der Waals surface area contributed by atoms with E-state index in [0.29, 0.717) is 11.4 Å². The highest BCUT2D eigenvalue weighted by Crippen LogP contribution is 2.18. The fraction of sp³-hybridized carbons (Fsp3) is 0.667. The lowest BCUT2D eigenvalue weighted by Gasteiger charge is -2.22. The number of rotatable bonds is 6. The third-order valence-corrected chi connectivity index (χ3v) is 2.64. The Morgan fingerprint density at radius 3 is 2.69 bits per heavy atom. The van der Waals surface area contributed by atoms with Gasteiger partial charge in [-0.3, -0.25) is 4.90 Å². The van der Waals surface area contributed by atoms with E-state index in [1.807, 2.05) is 0 Å².